The number of hydrogen-bond donors (Lipinski definition) is 1. The molecule has 4 aliphatic heterocycles. The molecule has 5 aliphatic rings. The van der Waals surface area contributed by atoms with Crippen molar-refractivity contribution in [3.8, 4) is 12.1 Å². The van der Waals surface area contributed by atoms with E-state index in [0.717, 1.165) is 81.7 Å². The number of nitriles is 1. The van der Waals surface area contributed by atoms with Gasteiger partial charge in [0.25, 0.3) is 0 Å². The van der Waals surface area contributed by atoms with Crippen LogP contribution in [0.1, 0.15) is 60.8 Å². The number of rotatable bonds is 5. The summed E-state index contributed by atoms with van der Waals surface area (Å²) in [6.45, 7) is 3.97. The summed E-state index contributed by atoms with van der Waals surface area (Å²) in [6.07, 6.45) is 7.22. The second-order valence-corrected chi connectivity index (χ2v) is 13.0. The summed E-state index contributed by atoms with van der Waals surface area (Å²) >= 11 is 1.56. The summed E-state index contributed by atoms with van der Waals surface area (Å²) in [6, 6.07) is 2.65. The summed E-state index contributed by atoms with van der Waals surface area (Å²) in [7, 11) is 0. The molecule has 0 bridgehead atoms. The van der Waals surface area contributed by atoms with E-state index < -0.39 is 6.17 Å². The molecule has 1 unspecified atom stereocenters. The van der Waals surface area contributed by atoms with Crippen molar-refractivity contribution in [2.75, 3.05) is 50.0 Å². The van der Waals surface area contributed by atoms with E-state index in [0.29, 0.717) is 41.8 Å². The number of nitrogen functional groups attached to an aromatic ring is 1. The highest BCUT2D eigenvalue weighted by Crippen LogP contribution is 2.53. The van der Waals surface area contributed by atoms with Crippen LogP contribution < -0.4 is 15.4 Å². The molecule has 4 fully saturated rings. The highest BCUT2D eigenvalue weighted by atomic mass is 32.1. The number of imidazole rings is 1. The first kappa shape index (κ1) is 23.8. The van der Waals surface area contributed by atoms with Gasteiger partial charge in [-0.2, -0.15) is 15.2 Å². The van der Waals surface area contributed by atoms with Crippen LogP contribution in [-0.4, -0.2) is 75.5 Å². The van der Waals surface area contributed by atoms with Gasteiger partial charge in [0.05, 0.1) is 17.4 Å². The summed E-state index contributed by atoms with van der Waals surface area (Å²) in [5.41, 5.74) is 9.03. The Labute approximate surface area is 229 Å². The second-order valence-electron chi connectivity index (χ2n) is 11.9. The third kappa shape index (κ3) is 3.45. The van der Waals surface area contributed by atoms with E-state index in [1.165, 1.54) is 4.88 Å². The maximum Gasteiger partial charge on any atom is 0.320 e. The van der Waals surface area contributed by atoms with Crippen molar-refractivity contribution >= 4 is 33.3 Å². The van der Waals surface area contributed by atoms with Crippen LogP contribution in [-0.2, 0) is 16.6 Å². The number of halogens is 1. The second kappa shape index (κ2) is 8.49. The Morgan fingerprint density at radius 1 is 1.28 bits per heavy atom. The number of aryl methyl sites for hydroxylation is 1. The largest absolute Gasteiger partial charge is 0.461 e. The number of anilines is 2. The summed E-state index contributed by atoms with van der Waals surface area (Å²) in [5.74, 6) is 0.739. The van der Waals surface area contributed by atoms with Crippen molar-refractivity contribution in [2.45, 2.75) is 68.3 Å². The molecule has 39 heavy (non-hydrogen) atoms. The van der Waals surface area contributed by atoms with Crippen molar-refractivity contribution in [2.24, 2.45) is 0 Å². The van der Waals surface area contributed by atoms with Crippen molar-refractivity contribution in [1.82, 2.24) is 24.4 Å². The minimum Gasteiger partial charge on any atom is -0.461 e. The van der Waals surface area contributed by atoms with Crippen molar-refractivity contribution in [3.63, 3.8) is 0 Å². The molecular weight excluding hydrogens is 519 g/mol. The van der Waals surface area contributed by atoms with Crippen LogP contribution in [0.2, 0.25) is 0 Å². The standard InChI is InChI=1S/C27H31FN8O2S/c28-16-9-27(5-2-7-35(27)11-16)14-38-25-32-23(21-24(33-25)36(15-31-21)19-3-1-8-37-19)34-12-26(13-34)6-4-18-20(26)17(10-29)22(30)39-18/h15-16,19H,1-9,11-14,30H2/t16-,19?,27+/m1/s1. The molecule has 204 valence electrons. The van der Waals surface area contributed by atoms with Gasteiger partial charge in [-0.05, 0) is 50.6 Å². The van der Waals surface area contributed by atoms with Gasteiger partial charge in [-0.25, -0.2) is 9.37 Å². The zero-order valence-electron chi connectivity index (χ0n) is 21.7. The monoisotopic (exact) mass is 550 g/mol. The third-order valence-corrected chi connectivity index (χ3v) is 10.7. The average Bonchev–Trinajstić information content (AvgIpc) is 3.71. The van der Waals surface area contributed by atoms with Crippen LogP contribution in [0.4, 0.5) is 15.2 Å². The van der Waals surface area contributed by atoms with E-state index in [1.807, 2.05) is 4.57 Å². The Balaban J connectivity index is 1.14. The smallest absolute Gasteiger partial charge is 0.320 e. The summed E-state index contributed by atoms with van der Waals surface area (Å²) in [4.78, 5) is 20.1. The maximum atomic E-state index is 14.3. The van der Waals surface area contributed by atoms with E-state index in [4.69, 9.17) is 30.2 Å². The van der Waals surface area contributed by atoms with Gasteiger partial charge in [0.15, 0.2) is 17.0 Å². The molecule has 0 saturated carbocycles. The summed E-state index contributed by atoms with van der Waals surface area (Å²) in [5, 5.41) is 10.4. The van der Waals surface area contributed by atoms with Gasteiger partial charge in [0.2, 0.25) is 0 Å². The van der Waals surface area contributed by atoms with Crippen molar-refractivity contribution in [1.29, 1.82) is 5.26 Å². The van der Waals surface area contributed by atoms with Crippen molar-refractivity contribution in [3.05, 3.63) is 22.3 Å². The van der Waals surface area contributed by atoms with Crippen LogP contribution in [0.15, 0.2) is 6.33 Å². The zero-order valence-corrected chi connectivity index (χ0v) is 22.6. The Kier molecular flexibility index (Phi) is 5.19. The number of alkyl halides is 1. The molecule has 3 aromatic heterocycles. The molecule has 12 heteroatoms. The van der Waals surface area contributed by atoms with Gasteiger partial charge in [-0.3, -0.25) is 9.47 Å². The number of thiophene rings is 1. The van der Waals surface area contributed by atoms with Crippen molar-refractivity contribution < 1.29 is 13.9 Å². The Morgan fingerprint density at radius 2 is 2.18 bits per heavy atom. The molecule has 1 aliphatic carbocycles. The molecule has 0 amide bonds. The topological polar surface area (TPSA) is 118 Å². The first-order chi connectivity index (χ1) is 19.0. The molecule has 1 spiro atoms. The Hall–Kier alpha value is -3.01. The fourth-order valence-electron chi connectivity index (χ4n) is 7.78. The van der Waals surface area contributed by atoms with Gasteiger partial charge in [0.1, 0.15) is 30.1 Å². The van der Waals surface area contributed by atoms with E-state index in [-0.39, 0.29) is 17.2 Å². The highest BCUT2D eigenvalue weighted by Gasteiger charge is 2.52. The molecule has 2 N–H and O–H groups in total. The van der Waals surface area contributed by atoms with Gasteiger partial charge in [-0.15, -0.1) is 11.3 Å². The number of ether oxygens (including phenoxy) is 2. The molecule has 10 nitrogen and oxygen atoms in total. The summed E-state index contributed by atoms with van der Waals surface area (Å²) < 4.78 is 28.6. The Bertz CT molecular complexity index is 1500. The van der Waals surface area contributed by atoms with Crippen LogP contribution in [0, 0.1) is 11.3 Å². The SMILES string of the molecule is N#Cc1c(N)sc2c1C1(CC2)CN(c2nc(OC[C@@]34CCCN3C[C@H](F)C4)nc3c2ncn3C2CCCO2)C1. The fourth-order valence-corrected chi connectivity index (χ4v) is 8.92. The number of aromatic nitrogens is 4. The quantitative estimate of drug-likeness (QED) is 0.510. The predicted molar refractivity (Wildman–Crippen MR) is 144 cm³/mol. The minimum absolute atomic E-state index is 0.0900. The van der Waals surface area contributed by atoms with Crippen LogP contribution in [0.3, 0.4) is 0 Å². The average molecular weight is 551 g/mol. The molecule has 3 aromatic rings. The molecule has 4 saturated heterocycles. The number of nitrogens with zero attached hydrogens (tertiary/aromatic N) is 7. The predicted octanol–water partition coefficient (Wildman–Crippen LogP) is 3.31. The van der Waals surface area contributed by atoms with E-state index >= 15 is 0 Å². The fraction of sp³-hybridized carbons (Fsp3) is 0.630. The number of nitrogens with two attached hydrogens (primary N) is 1. The molecule has 0 aromatic carbocycles. The lowest BCUT2D eigenvalue weighted by molar-refractivity contribution is 0.0591. The van der Waals surface area contributed by atoms with Gasteiger partial charge in [-0.1, -0.05) is 0 Å². The zero-order chi connectivity index (χ0) is 26.4. The maximum absolute atomic E-state index is 14.3. The van der Waals surface area contributed by atoms with E-state index in [9.17, 15) is 9.65 Å². The highest BCUT2D eigenvalue weighted by molar-refractivity contribution is 7.16. The van der Waals surface area contributed by atoms with Gasteiger partial charge >= 0.3 is 6.01 Å². The van der Waals surface area contributed by atoms with Gasteiger partial charge < -0.3 is 20.1 Å². The molecule has 7 heterocycles. The third-order valence-electron chi connectivity index (χ3n) is 9.60. The lowest BCUT2D eigenvalue weighted by Crippen LogP contribution is -2.59. The van der Waals surface area contributed by atoms with Crippen LogP contribution >= 0.6 is 11.3 Å². The molecule has 0 radical (unpaired) electrons. The number of hydrogen-bond acceptors (Lipinski definition) is 10. The lowest BCUT2D eigenvalue weighted by atomic mass is 9.74. The number of fused-ring (bicyclic) bond motifs is 4. The van der Waals surface area contributed by atoms with E-state index in [1.54, 1.807) is 17.7 Å². The lowest BCUT2D eigenvalue weighted by Gasteiger charge is -2.49. The van der Waals surface area contributed by atoms with Crippen LogP contribution in [0.25, 0.3) is 11.2 Å². The first-order valence-corrected chi connectivity index (χ1v) is 14.8. The Morgan fingerprint density at radius 3 is 3.00 bits per heavy atom. The molecule has 3 atom stereocenters. The minimum atomic E-state index is -0.813. The van der Waals surface area contributed by atoms with E-state index in [2.05, 4.69) is 15.9 Å². The first-order valence-electron chi connectivity index (χ1n) is 13.9. The normalized spacial score (nSPS) is 29.2. The van der Waals surface area contributed by atoms with Gasteiger partial charge in [0, 0.05) is 43.0 Å². The van der Waals surface area contributed by atoms with Crippen LogP contribution in [0.5, 0.6) is 6.01 Å². The molecule has 8 rings (SSSR count). The molecular formula is C27H31FN8O2S.